The molecule has 0 atom stereocenters. The number of hydrogen-bond donors (Lipinski definition) is 1. The van der Waals surface area contributed by atoms with Crippen LogP contribution in [0.1, 0.15) is 28.2 Å². The summed E-state index contributed by atoms with van der Waals surface area (Å²) in [6, 6.07) is 7.18. The monoisotopic (exact) mass is 369 g/mol. The summed E-state index contributed by atoms with van der Waals surface area (Å²) >= 11 is 9.22. The lowest BCUT2D eigenvalue weighted by atomic mass is 10.2. The lowest BCUT2D eigenvalue weighted by Crippen LogP contribution is -2.25. The average molecular weight is 371 g/mol. The molecule has 1 aromatic heterocycles. The van der Waals surface area contributed by atoms with Crippen LogP contribution in [0.2, 0.25) is 5.02 Å². The second-order valence-corrected chi connectivity index (χ2v) is 6.15. The lowest BCUT2D eigenvalue weighted by molar-refractivity contribution is 0.0952. The minimum absolute atomic E-state index is 0.0965. The number of nitrogens with zero attached hydrogens (tertiary/aromatic N) is 2. The van der Waals surface area contributed by atoms with Crippen molar-refractivity contribution < 1.29 is 4.79 Å². The molecule has 0 aliphatic heterocycles. The molecule has 0 saturated heterocycles. The van der Waals surface area contributed by atoms with E-state index in [0.29, 0.717) is 17.1 Å². The van der Waals surface area contributed by atoms with E-state index >= 15 is 0 Å². The Morgan fingerprint density at radius 3 is 2.76 bits per heavy atom. The Kier molecular flexibility index (Phi) is 5.42. The van der Waals surface area contributed by atoms with E-state index in [0.717, 1.165) is 28.8 Å². The van der Waals surface area contributed by atoms with Gasteiger partial charge in [-0.25, -0.2) is 0 Å². The molecule has 1 aromatic carbocycles. The van der Waals surface area contributed by atoms with Crippen molar-refractivity contribution in [3.63, 3.8) is 0 Å². The third-order valence-corrected chi connectivity index (χ3v) is 4.33. The number of amides is 1. The van der Waals surface area contributed by atoms with Gasteiger partial charge in [0.25, 0.3) is 5.91 Å². The van der Waals surface area contributed by atoms with Crippen LogP contribution in [-0.2, 0) is 6.54 Å². The first-order chi connectivity index (χ1) is 9.97. The largest absolute Gasteiger partial charge is 0.352 e. The van der Waals surface area contributed by atoms with Gasteiger partial charge in [0.15, 0.2) is 0 Å². The predicted octanol–water partition coefficient (Wildman–Crippen LogP) is 3.74. The number of rotatable bonds is 5. The molecule has 1 N–H and O–H groups in total. The van der Waals surface area contributed by atoms with Gasteiger partial charge in [-0.15, -0.1) is 0 Å². The van der Waals surface area contributed by atoms with Crippen molar-refractivity contribution in [2.75, 3.05) is 6.54 Å². The Morgan fingerprint density at radius 1 is 1.38 bits per heavy atom. The molecule has 0 spiro atoms. The summed E-state index contributed by atoms with van der Waals surface area (Å²) in [5.41, 5.74) is 2.75. The number of hydrogen-bond acceptors (Lipinski definition) is 2. The van der Waals surface area contributed by atoms with Crippen molar-refractivity contribution in [2.45, 2.75) is 26.8 Å². The summed E-state index contributed by atoms with van der Waals surface area (Å²) in [5.74, 6) is -0.0965. The second kappa shape index (κ2) is 7.09. The Hall–Kier alpha value is -1.33. The number of carbonyl (C=O) groups is 1. The molecule has 1 heterocycles. The molecule has 112 valence electrons. The molecule has 0 bridgehead atoms. The topological polar surface area (TPSA) is 46.9 Å². The van der Waals surface area contributed by atoms with E-state index in [4.69, 9.17) is 11.6 Å². The number of benzene rings is 1. The van der Waals surface area contributed by atoms with Gasteiger partial charge in [0.1, 0.15) is 0 Å². The zero-order chi connectivity index (χ0) is 15.4. The molecule has 6 heteroatoms. The minimum atomic E-state index is -0.0965. The molecule has 0 aliphatic carbocycles. The molecule has 2 aromatic rings. The number of halogens is 2. The van der Waals surface area contributed by atoms with Crippen LogP contribution in [0.5, 0.6) is 0 Å². The van der Waals surface area contributed by atoms with E-state index in [1.807, 2.05) is 24.6 Å². The van der Waals surface area contributed by atoms with Crippen LogP contribution < -0.4 is 5.32 Å². The highest BCUT2D eigenvalue weighted by Crippen LogP contribution is 2.23. The van der Waals surface area contributed by atoms with Crippen LogP contribution in [0.3, 0.4) is 0 Å². The quantitative estimate of drug-likeness (QED) is 0.815. The maximum Gasteiger partial charge on any atom is 0.251 e. The normalized spacial score (nSPS) is 10.7. The highest BCUT2D eigenvalue weighted by Gasteiger charge is 2.07. The summed E-state index contributed by atoms with van der Waals surface area (Å²) in [6.07, 6.45) is 0.836. The van der Waals surface area contributed by atoms with Crippen LogP contribution in [0, 0.1) is 13.8 Å². The predicted molar refractivity (Wildman–Crippen MR) is 87.8 cm³/mol. The molecule has 2 rings (SSSR count). The average Bonchev–Trinajstić information content (AvgIpc) is 2.76. The summed E-state index contributed by atoms with van der Waals surface area (Å²) in [5, 5.41) is 7.88. The second-order valence-electron chi connectivity index (χ2n) is 4.89. The van der Waals surface area contributed by atoms with Crippen molar-refractivity contribution >= 4 is 33.4 Å². The SMILES string of the molecule is Cc1cc(C)n(CCCNC(=O)c2ccc(Cl)c(Br)c2)n1. The van der Waals surface area contributed by atoms with Gasteiger partial charge in [-0.1, -0.05) is 11.6 Å². The highest BCUT2D eigenvalue weighted by molar-refractivity contribution is 9.10. The van der Waals surface area contributed by atoms with Crippen LogP contribution in [-0.4, -0.2) is 22.2 Å². The van der Waals surface area contributed by atoms with Gasteiger partial charge in [0.05, 0.1) is 10.7 Å². The summed E-state index contributed by atoms with van der Waals surface area (Å²) < 4.78 is 2.68. The number of carbonyl (C=O) groups excluding carboxylic acids is 1. The molecule has 0 aliphatic rings. The molecule has 0 radical (unpaired) electrons. The summed E-state index contributed by atoms with van der Waals surface area (Å²) in [4.78, 5) is 12.0. The molecular formula is C15H17BrClN3O. The van der Waals surface area contributed by atoms with Gasteiger partial charge in [-0.2, -0.15) is 5.10 Å². The van der Waals surface area contributed by atoms with Gasteiger partial charge in [0.2, 0.25) is 0 Å². The molecule has 21 heavy (non-hydrogen) atoms. The van der Waals surface area contributed by atoms with Gasteiger partial charge in [0, 0.05) is 28.8 Å². The highest BCUT2D eigenvalue weighted by atomic mass is 79.9. The van der Waals surface area contributed by atoms with Crippen LogP contribution in [0.4, 0.5) is 0 Å². The summed E-state index contributed by atoms with van der Waals surface area (Å²) in [7, 11) is 0. The zero-order valence-electron chi connectivity index (χ0n) is 12.0. The fourth-order valence-electron chi connectivity index (χ4n) is 2.07. The molecular weight excluding hydrogens is 354 g/mol. The molecule has 0 unspecified atom stereocenters. The molecule has 0 saturated carbocycles. The third-order valence-electron chi connectivity index (χ3n) is 3.12. The fraction of sp³-hybridized carbons (Fsp3) is 0.333. The molecule has 4 nitrogen and oxygen atoms in total. The number of aromatic nitrogens is 2. The maximum atomic E-state index is 12.0. The first-order valence-corrected chi connectivity index (χ1v) is 7.89. The van der Waals surface area contributed by atoms with Crippen molar-refractivity contribution in [2.24, 2.45) is 0 Å². The Morgan fingerprint density at radius 2 is 2.14 bits per heavy atom. The van der Waals surface area contributed by atoms with Crippen LogP contribution in [0.25, 0.3) is 0 Å². The first-order valence-electron chi connectivity index (χ1n) is 6.71. The van der Waals surface area contributed by atoms with Crippen LogP contribution in [0.15, 0.2) is 28.7 Å². The molecule has 1 amide bonds. The first kappa shape index (κ1) is 16.0. The Bertz CT molecular complexity index is 654. The van der Waals surface area contributed by atoms with Gasteiger partial charge in [-0.05, 0) is 60.5 Å². The van der Waals surface area contributed by atoms with Crippen LogP contribution >= 0.6 is 27.5 Å². The van der Waals surface area contributed by atoms with E-state index in [9.17, 15) is 4.79 Å². The van der Waals surface area contributed by atoms with Gasteiger partial charge >= 0.3 is 0 Å². The van der Waals surface area contributed by atoms with E-state index in [2.05, 4.69) is 26.3 Å². The van der Waals surface area contributed by atoms with E-state index < -0.39 is 0 Å². The van der Waals surface area contributed by atoms with Crippen molar-refractivity contribution in [3.05, 3.63) is 50.7 Å². The fourth-order valence-corrected chi connectivity index (χ4v) is 2.57. The van der Waals surface area contributed by atoms with Crippen molar-refractivity contribution in [1.29, 1.82) is 0 Å². The Labute approximate surface area is 137 Å². The summed E-state index contributed by atoms with van der Waals surface area (Å²) in [6.45, 7) is 5.41. The number of nitrogens with one attached hydrogen (secondary N) is 1. The number of aryl methyl sites for hydroxylation is 3. The Balaban J connectivity index is 1.81. The van der Waals surface area contributed by atoms with Gasteiger partial charge < -0.3 is 5.32 Å². The standard InChI is InChI=1S/C15H17BrClN3O/c1-10-8-11(2)20(19-10)7-3-6-18-15(21)12-4-5-14(17)13(16)9-12/h4-5,8-9H,3,6-7H2,1-2H3,(H,18,21). The lowest BCUT2D eigenvalue weighted by Gasteiger charge is -2.07. The third kappa shape index (κ3) is 4.32. The zero-order valence-corrected chi connectivity index (χ0v) is 14.3. The van der Waals surface area contributed by atoms with Crippen molar-refractivity contribution in [3.8, 4) is 0 Å². The van der Waals surface area contributed by atoms with E-state index in [-0.39, 0.29) is 5.91 Å². The maximum absolute atomic E-state index is 12.0. The molecule has 0 fully saturated rings. The van der Waals surface area contributed by atoms with E-state index in [1.165, 1.54) is 0 Å². The van der Waals surface area contributed by atoms with E-state index in [1.54, 1.807) is 18.2 Å². The minimum Gasteiger partial charge on any atom is -0.352 e. The smallest absolute Gasteiger partial charge is 0.251 e. The van der Waals surface area contributed by atoms with Gasteiger partial charge in [-0.3, -0.25) is 9.48 Å². The van der Waals surface area contributed by atoms with Crippen molar-refractivity contribution in [1.82, 2.24) is 15.1 Å².